The molecule has 1 aromatic heterocycles. The van der Waals surface area contributed by atoms with Crippen molar-refractivity contribution >= 4 is 11.5 Å². The highest BCUT2D eigenvalue weighted by molar-refractivity contribution is 5.60. The molecule has 0 spiro atoms. The van der Waals surface area contributed by atoms with Crippen molar-refractivity contribution in [2.24, 2.45) is 0 Å². The van der Waals surface area contributed by atoms with Crippen molar-refractivity contribution < 1.29 is 10.0 Å². The highest BCUT2D eigenvalue weighted by Gasteiger charge is 2.29. The molecule has 1 fully saturated rings. The van der Waals surface area contributed by atoms with Gasteiger partial charge in [-0.1, -0.05) is 19.3 Å². The van der Waals surface area contributed by atoms with Crippen LogP contribution in [0.2, 0.25) is 0 Å². The smallest absolute Gasteiger partial charge is 0.333 e. The van der Waals surface area contributed by atoms with Gasteiger partial charge in [0.2, 0.25) is 5.82 Å². The highest BCUT2D eigenvalue weighted by atomic mass is 16.6. The number of aliphatic hydroxyl groups is 1. The maximum atomic E-state index is 11.2. The minimum Gasteiger partial charge on any atom is -0.391 e. The minimum absolute atomic E-state index is 0.0169. The normalized spacial score (nSPS) is 23.4. The van der Waals surface area contributed by atoms with Crippen molar-refractivity contribution in [3.05, 3.63) is 15.8 Å². The number of rotatable bonds is 4. The SMILES string of the molecule is CCn1nc(C)c([N+](=O)[O-])c1NC1CCCCCC1O. The Hall–Kier alpha value is -1.63. The molecule has 1 heterocycles. The van der Waals surface area contributed by atoms with Crippen LogP contribution in [0.3, 0.4) is 0 Å². The summed E-state index contributed by atoms with van der Waals surface area (Å²) in [6, 6.07) is -0.141. The van der Waals surface area contributed by atoms with E-state index < -0.39 is 11.0 Å². The van der Waals surface area contributed by atoms with Gasteiger partial charge in [0, 0.05) is 6.54 Å². The lowest BCUT2D eigenvalue weighted by Crippen LogP contribution is -2.33. The average molecular weight is 282 g/mol. The van der Waals surface area contributed by atoms with Crippen molar-refractivity contribution in [2.45, 2.75) is 64.6 Å². The molecule has 1 aliphatic carbocycles. The molecule has 2 atom stereocenters. The number of hydrogen-bond donors (Lipinski definition) is 2. The molecule has 2 unspecified atom stereocenters. The zero-order chi connectivity index (χ0) is 14.7. The molecule has 2 rings (SSSR count). The van der Waals surface area contributed by atoms with Crippen LogP contribution in [0, 0.1) is 17.0 Å². The lowest BCUT2D eigenvalue weighted by molar-refractivity contribution is -0.384. The maximum Gasteiger partial charge on any atom is 0.333 e. The van der Waals surface area contributed by atoms with Gasteiger partial charge in [-0.15, -0.1) is 0 Å². The number of nitrogens with one attached hydrogen (secondary N) is 1. The second kappa shape index (κ2) is 6.21. The summed E-state index contributed by atoms with van der Waals surface area (Å²) in [6.07, 6.45) is 4.24. The summed E-state index contributed by atoms with van der Waals surface area (Å²) in [4.78, 5) is 10.8. The van der Waals surface area contributed by atoms with E-state index in [1.54, 1.807) is 11.6 Å². The Labute approximate surface area is 118 Å². The van der Waals surface area contributed by atoms with Gasteiger partial charge < -0.3 is 10.4 Å². The van der Waals surface area contributed by atoms with Gasteiger partial charge in [-0.05, 0) is 26.7 Å². The zero-order valence-corrected chi connectivity index (χ0v) is 12.0. The zero-order valence-electron chi connectivity index (χ0n) is 12.0. The van der Waals surface area contributed by atoms with E-state index in [0.717, 1.165) is 32.1 Å². The third-order valence-electron chi connectivity index (χ3n) is 3.88. The molecular weight excluding hydrogens is 260 g/mol. The topological polar surface area (TPSA) is 93.2 Å². The number of aromatic nitrogens is 2. The molecule has 1 saturated carbocycles. The Morgan fingerprint density at radius 3 is 2.80 bits per heavy atom. The van der Waals surface area contributed by atoms with Gasteiger partial charge in [-0.25, -0.2) is 4.68 Å². The fourth-order valence-corrected chi connectivity index (χ4v) is 2.79. The molecular formula is C13H22N4O3. The molecule has 7 nitrogen and oxygen atoms in total. The first-order valence-electron chi connectivity index (χ1n) is 7.21. The molecule has 0 amide bonds. The number of nitro groups is 1. The highest BCUT2D eigenvalue weighted by Crippen LogP contribution is 2.31. The summed E-state index contributed by atoms with van der Waals surface area (Å²) in [5.74, 6) is 0.418. The second-order valence-corrected chi connectivity index (χ2v) is 5.31. The molecule has 0 saturated heterocycles. The van der Waals surface area contributed by atoms with Crippen LogP contribution in [0.15, 0.2) is 0 Å². The van der Waals surface area contributed by atoms with E-state index in [9.17, 15) is 15.2 Å². The Balaban J connectivity index is 2.29. The fourth-order valence-electron chi connectivity index (χ4n) is 2.79. The average Bonchev–Trinajstić information content (AvgIpc) is 2.58. The number of aryl methyl sites for hydroxylation is 2. The first kappa shape index (κ1) is 14.8. The van der Waals surface area contributed by atoms with Crippen LogP contribution in [-0.2, 0) is 6.54 Å². The Kier molecular flexibility index (Phi) is 4.59. The quantitative estimate of drug-likeness (QED) is 0.502. The number of hydrogen-bond acceptors (Lipinski definition) is 5. The molecule has 2 N–H and O–H groups in total. The second-order valence-electron chi connectivity index (χ2n) is 5.31. The van der Waals surface area contributed by atoms with Crippen molar-refractivity contribution in [1.29, 1.82) is 0 Å². The van der Waals surface area contributed by atoms with Crippen LogP contribution in [0.4, 0.5) is 11.5 Å². The monoisotopic (exact) mass is 282 g/mol. The fraction of sp³-hybridized carbons (Fsp3) is 0.769. The Morgan fingerprint density at radius 2 is 2.15 bits per heavy atom. The molecule has 0 aliphatic heterocycles. The van der Waals surface area contributed by atoms with E-state index in [-0.39, 0.29) is 11.7 Å². The van der Waals surface area contributed by atoms with Gasteiger partial charge in [0.1, 0.15) is 5.69 Å². The van der Waals surface area contributed by atoms with Crippen LogP contribution in [0.25, 0.3) is 0 Å². The van der Waals surface area contributed by atoms with E-state index in [2.05, 4.69) is 10.4 Å². The first-order valence-corrected chi connectivity index (χ1v) is 7.21. The summed E-state index contributed by atoms with van der Waals surface area (Å²) in [6.45, 7) is 4.09. The maximum absolute atomic E-state index is 11.2. The van der Waals surface area contributed by atoms with Crippen molar-refractivity contribution in [1.82, 2.24) is 9.78 Å². The van der Waals surface area contributed by atoms with Crippen LogP contribution in [0.5, 0.6) is 0 Å². The van der Waals surface area contributed by atoms with Gasteiger partial charge >= 0.3 is 5.69 Å². The van der Waals surface area contributed by atoms with Crippen LogP contribution in [0.1, 0.15) is 44.7 Å². The molecule has 0 bridgehead atoms. The minimum atomic E-state index is -0.461. The van der Waals surface area contributed by atoms with E-state index >= 15 is 0 Å². The lowest BCUT2D eigenvalue weighted by atomic mass is 10.1. The lowest BCUT2D eigenvalue weighted by Gasteiger charge is -2.22. The number of nitrogens with zero attached hydrogens (tertiary/aromatic N) is 3. The van der Waals surface area contributed by atoms with E-state index in [4.69, 9.17) is 0 Å². The van der Waals surface area contributed by atoms with E-state index in [1.807, 2.05) is 6.92 Å². The number of aliphatic hydroxyl groups excluding tert-OH is 1. The van der Waals surface area contributed by atoms with Gasteiger partial charge in [0.05, 0.1) is 17.1 Å². The number of anilines is 1. The summed E-state index contributed by atoms with van der Waals surface area (Å²) in [5.41, 5.74) is 0.422. The Bertz CT molecular complexity index is 486. The van der Waals surface area contributed by atoms with Crippen LogP contribution >= 0.6 is 0 Å². The summed E-state index contributed by atoms with van der Waals surface area (Å²) >= 11 is 0. The molecule has 1 aromatic rings. The Morgan fingerprint density at radius 1 is 1.45 bits per heavy atom. The largest absolute Gasteiger partial charge is 0.391 e. The molecule has 0 aromatic carbocycles. The summed E-state index contributed by atoms with van der Waals surface area (Å²) in [5, 5.41) is 28.7. The van der Waals surface area contributed by atoms with Gasteiger partial charge in [-0.2, -0.15) is 5.10 Å². The van der Waals surface area contributed by atoms with Crippen molar-refractivity contribution in [3.63, 3.8) is 0 Å². The van der Waals surface area contributed by atoms with Crippen LogP contribution in [-0.4, -0.2) is 32.0 Å². The van der Waals surface area contributed by atoms with E-state index in [1.165, 1.54) is 0 Å². The molecule has 1 aliphatic rings. The first-order chi connectivity index (χ1) is 9.54. The third-order valence-corrected chi connectivity index (χ3v) is 3.88. The van der Waals surface area contributed by atoms with Crippen LogP contribution < -0.4 is 5.32 Å². The summed E-state index contributed by atoms with van der Waals surface area (Å²) < 4.78 is 1.60. The van der Waals surface area contributed by atoms with Crippen molar-refractivity contribution in [2.75, 3.05) is 5.32 Å². The molecule has 112 valence electrons. The van der Waals surface area contributed by atoms with Crippen molar-refractivity contribution in [3.8, 4) is 0 Å². The summed E-state index contributed by atoms with van der Waals surface area (Å²) in [7, 11) is 0. The van der Waals surface area contributed by atoms with E-state index in [0.29, 0.717) is 18.1 Å². The predicted octanol–water partition coefficient (Wildman–Crippen LogP) is 2.23. The van der Waals surface area contributed by atoms with Gasteiger partial charge in [-0.3, -0.25) is 10.1 Å². The van der Waals surface area contributed by atoms with Gasteiger partial charge in [0.15, 0.2) is 0 Å². The predicted molar refractivity (Wildman–Crippen MR) is 75.8 cm³/mol. The molecule has 0 radical (unpaired) electrons. The van der Waals surface area contributed by atoms with Gasteiger partial charge in [0.25, 0.3) is 0 Å². The standard InChI is InChI=1S/C13H22N4O3/c1-3-16-13(12(17(19)20)9(2)15-16)14-10-7-5-4-6-8-11(10)18/h10-11,14,18H,3-8H2,1-2H3. The third kappa shape index (κ3) is 2.92. The molecule has 7 heteroatoms. The molecule has 20 heavy (non-hydrogen) atoms.